The number of fused-ring (bicyclic) bond motifs is 1. The number of anilines is 1. The van der Waals surface area contributed by atoms with Gasteiger partial charge in [0.15, 0.2) is 5.65 Å². The van der Waals surface area contributed by atoms with E-state index in [1.165, 1.54) is 13.1 Å². The number of imidazole rings is 1. The molecule has 0 bridgehead atoms. The van der Waals surface area contributed by atoms with Crippen LogP contribution in [0.25, 0.3) is 16.8 Å². The van der Waals surface area contributed by atoms with Crippen molar-refractivity contribution in [2.75, 3.05) is 12.4 Å². The van der Waals surface area contributed by atoms with Crippen molar-refractivity contribution >= 4 is 17.2 Å². The van der Waals surface area contributed by atoms with Crippen LogP contribution in [-0.4, -0.2) is 39.3 Å². The number of hydrogen-bond donors (Lipinski definition) is 3. The molecule has 8 nitrogen and oxygen atoms in total. The molecule has 0 saturated carbocycles. The van der Waals surface area contributed by atoms with Crippen LogP contribution in [0.5, 0.6) is 5.75 Å². The van der Waals surface area contributed by atoms with E-state index in [0.29, 0.717) is 28.2 Å². The van der Waals surface area contributed by atoms with E-state index < -0.39 is 12.2 Å². The van der Waals surface area contributed by atoms with Gasteiger partial charge in [-0.25, -0.2) is 9.50 Å². The van der Waals surface area contributed by atoms with Gasteiger partial charge in [-0.1, -0.05) is 23.8 Å². The number of nitrogens with zero attached hydrogens (tertiary/aromatic N) is 3. The highest BCUT2D eigenvalue weighted by Gasteiger charge is 2.22. The average molecular weight is 496 g/mol. The van der Waals surface area contributed by atoms with Crippen LogP contribution in [0.2, 0.25) is 0 Å². The molecule has 0 radical (unpaired) electrons. The van der Waals surface area contributed by atoms with Crippen molar-refractivity contribution in [3.8, 4) is 16.9 Å². The molecule has 4 rings (SSSR count). The SMILES string of the molecule is CNC(=O)c1ccc(-c2cnn3c(C(C)(C)O)cnc3c2)cc1NCc1cc(C)ccc1OC(F)F. The zero-order chi connectivity index (χ0) is 26.0. The molecule has 0 aliphatic heterocycles. The summed E-state index contributed by atoms with van der Waals surface area (Å²) in [6, 6.07) is 12.0. The highest BCUT2D eigenvalue weighted by atomic mass is 19.3. The second-order valence-electron chi connectivity index (χ2n) is 8.90. The lowest BCUT2D eigenvalue weighted by molar-refractivity contribution is -0.0504. The second-order valence-corrected chi connectivity index (χ2v) is 8.90. The van der Waals surface area contributed by atoms with Crippen molar-refractivity contribution in [2.45, 2.75) is 39.5 Å². The first-order valence-electron chi connectivity index (χ1n) is 11.3. The molecule has 3 N–H and O–H groups in total. The fraction of sp³-hybridized carbons (Fsp3) is 0.269. The molecule has 4 aromatic rings. The van der Waals surface area contributed by atoms with E-state index in [1.54, 1.807) is 61.1 Å². The maximum absolute atomic E-state index is 12.9. The predicted molar refractivity (Wildman–Crippen MR) is 132 cm³/mol. The standard InChI is InChI=1S/C26H27F2N5O3/c1-15-5-8-21(36-25(27)28)18(9-15)12-30-20-10-16(6-7-19(20)24(34)29-4)17-11-23-31-14-22(26(2,3)35)33(23)32-13-17/h5-11,13-14,25,30,35H,12H2,1-4H3,(H,29,34). The normalized spacial score (nSPS) is 11.7. The third-order valence-electron chi connectivity index (χ3n) is 5.71. The van der Waals surface area contributed by atoms with Gasteiger partial charge in [-0.2, -0.15) is 13.9 Å². The highest BCUT2D eigenvalue weighted by molar-refractivity contribution is 6.00. The van der Waals surface area contributed by atoms with Crippen molar-refractivity contribution in [1.82, 2.24) is 19.9 Å². The summed E-state index contributed by atoms with van der Waals surface area (Å²) in [6.45, 7) is 2.39. The number of alkyl halides is 2. The van der Waals surface area contributed by atoms with Gasteiger partial charge in [0.25, 0.3) is 5.91 Å². The number of nitrogens with one attached hydrogen (secondary N) is 2. The number of aryl methyl sites for hydroxylation is 1. The summed E-state index contributed by atoms with van der Waals surface area (Å²) in [6.07, 6.45) is 3.23. The van der Waals surface area contributed by atoms with Crippen LogP contribution >= 0.6 is 0 Å². The van der Waals surface area contributed by atoms with Gasteiger partial charge >= 0.3 is 6.61 Å². The third kappa shape index (κ3) is 5.28. The molecule has 0 atom stereocenters. The van der Waals surface area contributed by atoms with Crippen LogP contribution in [0.15, 0.2) is 54.9 Å². The smallest absolute Gasteiger partial charge is 0.387 e. The van der Waals surface area contributed by atoms with Gasteiger partial charge in [0.1, 0.15) is 11.4 Å². The summed E-state index contributed by atoms with van der Waals surface area (Å²) in [5.41, 5.74) is 3.84. The lowest BCUT2D eigenvalue weighted by atomic mass is 10.0. The highest BCUT2D eigenvalue weighted by Crippen LogP contribution is 2.29. The summed E-state index contributed by atoms with van der Waals surface area (Å²) in [4.78, 5) is 16.9. The van der Waals surface area contributed by atoms with Crippen molar-refractivity contribution in [2.24, 2.45) is 0 Å². The topological polar surface area (TPSA) is 101 Å². The number of aliphatic hydroxyl groups is 1. The molecule has 2 aromatic heterocycles. The van der Waals surface area contributed by atoms with Crippen molar-refractivity contribution in [3.63, 3.8) is 0 Å². The monoisotopic (exact) mass is 495 g/mol. The van der Waals surface area contributed by atoms with Gasteiger partial charge in [-0.15, -0.1) is 0 Å². The Labute approximate surface area is 206 Å². The predicted octanol–water partition coefficient (Wildman–Crippen LogP) is 4.51. The lowest BCUT2D eigenvalue weighted by Crippen LogP contribution is -2.20. The molecular weight excluding hydrogens is 468 g/mol. The Bertz CT molecular complexity index is 1410. The van der Waals surface area contributed by atoms with E-state index in [2.05, 4.69) is 25.5 Å². The third-order valence-corrected chi connectivity index (χ3v) is 5.71. The lowest BCUT2D eigenvalue weighted by Gasteiger charge is -2.17. The zero-order valence-electron chi connectivity index (χ0n) is 20.3. The van der Waals surface area contributed by atoms with Gasteiger partial charge in [-0.05, 0) is 50.6 Å². The maximum atomic E-state index is 12.9. The minimum Gasteiger partial charge on any atom is -0.434 e. The molecule has 0 aliphatic rings. The molecule has 1 amide bonds. The second kappa shape index (κ2) is 9.90. The molecule has 36 heavy (non-hydrogen) atoms. The molecular formula is C26H27F2N5O3. The summed E-state index contributed by atoms with van der Waals surface area (Å²) in [5, 5.41) is 20.6. The number of hydrogen-bond acceptors (Lipinski definition) is 6. The van der Waals surface area contributed by atoms with Crippen LogP contribution in [0, 0.1) is 6.92 Å². The van der Waals surface area contributed by atoms with E-state index in [4.69, 9.17) is 0 Å². The van der Waals surface area contributed by atoms with E-state index in [1.807, 2.05) is 13.0 Å². The van der Waals surface area contributed by atoms with Gasteiger partial charge in [0.05, 0.1) is 23.7 Å². The van der Waals surface area contributed by atoms with Gasteiger partial charge in [-0.3, -0.25) is 4.79 Å². The number of amides is 1. The Morgan fingerprint density at radius 3 is 2.61 bits per heavy atom. The molecule has 0 fully saturated rings. The number of carbonyl (C=O) groups excluding carboxylic acids is 1. The number of ether oxygens (including phenoxy) is 1. The zero-order valence-corrected chi connectivity index (χ0v) is 20.3. The van der Waals surface area contributed by atoms with E-state index in [9.17, 15) is 18.7 Å². The Hall–Kier alpha value is -4.05. The Morgan fingerprint density at radius 1 is 1.14 bits per heavy atom. The number of aromatic nitrogens is 3. The van der Waals surface area contributed by atoms with E-state index in [0.717, 1.165) is 16.7 Å². The molecule has 0 unspecified atom stereocenters. The van der Waals surface area contributed by atoms with Crippen LogP contribution in [-0.2, 0) is 12.1 Å². The van der Waals surface area contributed by atoms with Crippen LogP contribution in [0.3, 0.4) is 0 Å². The summed E-state index contributed by atoms with van der Waals surface area (Å²) < 4.78 is 32.0. The number of rotatable bonds is 8. The quantitative estimate of drug-likeness (QED) is 0.333. The average Bonchev–Trinajstić information content (AvgIpc) is 3.27. The Balaban J connectivity index is 1.69. The fourth-order valence-corrected chi connectivity index (χ4v) is 3.90. The number of carbonyl (C=O) groups is 1. The van der Waals surface area contributed by atoms with E-state index >= 15 is 0 Å². The maximum Gasteiger partial charge on any atom is 0.387 e. The minimum absolute atomic E-state index is 0.0670. The molecule has 10 heteroatoms. The van der Waals surface area contributed by atoms with Crippen LogP contribution < -0.4 is 15.4 Å². The number of benzene rings is 2. The van der Waals surface area contributed by atoms with Crippen molar-refractivity contribution < 1.29 is 23.4 Å². The van der Waals surface area contributed by atoms with Crippen LogP contribution in [0.4, 0.5) is 14.5 Å². The largest absolute Gasteiger partial charge is 0.434 e. The molecule has 0 aliphatic carbocycles. The minimum atomic E-state index is -2.95. The van der Waals surface area contributed by atoms with Crippen molar-refractivity contribution in [3.05, 3.63) is 77.2 Å². The summed E-state index contributed by atoms with van der Waals surface area (Å²) in [7, 11) is 1.53. The number of halogens is 2. The van der Waals surface area contributed by atoms with Gasteiger partial charge in [0, 0.05) is 30.4 Å². The van der Waals surface area contributed by atoms with Crippen molar-refractivity contribution in [1.29, 1.82) is 0 Å². The molecule has 2 aromatic carbocycles. The van der Waals surface area contributed by atoms with E-state index in [-0.39, 0.29) is 18.2 Å². The Morgan fingerprint density at radius 2 is 1.92 bits per heavy atom. The first-order chi connectivity index (χ1) is 17.1. The summed E-state index contributed by atoms with van der Waals surface area (Å²) >= 11 is 0. The van der Waals surface area contributed by atoms with Crippen LogP contribution in [0.1, 0.15) is 41.0 Å². The molecule has 0 spiro atoms. The Kier molecular flexibility index (Phi) is 6.89. The fourth-order valence-electron chi connectivity index (χ4n) is 3.90. The molecule has 0 saturated heterocycles. The summed E-state index contributed by atoms with van der Waals surface area (Å²) in [5.74, 6) is -0.230. The first-order valence-corrected chi connectivity index (χ1v) is 11.3. The first kappa shape index (κ1) is 25.1. The van der Waals surface area contributed by atoms with Gasteiger partial charge in [0.2, 0.25) is 0 Å². The molecule has 188 valence electrons. The molecule has 2 heterocycles. The van der Waals surface area contributed by atoms with Gasteiger partial charge < -0.3 is 20.5 Å².